The fraction of sp³-hybridized carbons (Fsp3) is 0.111. The van der Waals surface area contributed by atoms with Gasteiger partial charge in [0.2, 0.25) is 0 Å². The van der Waals surface area contributed by atoms with Crippen molar-refractivity contribution in [3.8, 4) is 23.3 Å². The lowest BCUT2D eigenvalue weighted by Crippen LogP contribution is -2.19. The fourth-order valence-electron chi connectivity index (χ4n) is 3.82. The summed E-state index contributed by atoms with van der Waals surface area (Å²) in [5.74, 6) is 1.48. The van der Waals surface area contributed by atoms with Crippen molar-refractivity contribution >= 4 is 39.3 Å². The smallest absolute Gasteiger partial charge is 0.323 e. The first-order chi connectivity index (χ1) is 18.5. The van der Waals surface area contributed by atoms with Crippen LogP contribution >= 0.6 is 0 Å². The number of hydrogen-bond acceptors (Lipinski definition) is 7. The van der Waals surface area contributed by atoms with Crippen LogP contribution in [0.1, 0.15) is 5.56 Å². The first-order valence-corrected chi connectivity index (χ1v) is 11.5. The van der Waals surface area contributed by atoms with Gasteiger partial charge in [-0.1, -0.05) is 0 Å². The number of carbonyl (C=O) groups is 1. The first-order valence-electron chi connectivity index (χ1n) is 11.5. The van der Waals surface area contributed by atoms with Crippen molar-refractivity contribution in [1.82, 2.24) is 15.0 Å². The molecule has 0 atom stereocenters. The van der Waals surface area contributed by atoms with Crippen molar-refractivity contribution in [3.05, 3.63) is 82.9 Å². The van der Waals surface area contributed by atoms with E-state index in [0.717, 1.165) is 0 Å². The van der Waals surface area contributed by atoms with Crippen molar-refractivity contribution in [2.75, 3.05) is 31.0 Å². The van der Waals surface area contributed by atoms with Gasteiger partial charge in [0.1, 0.15) is 29.9 Å². The number of nitrogens with zero attached hydrogens (tertiary/aromatic N) is 2. The van der Waals surface area contributed by atoms with Gasteiger partial charge in [-0.2, -0.15) is 5.26 Å². The van der Waals surface area contributed by atoms with Gasteiger partial charge in [0.25, 0.3) is 0 Å². The van der Waals surface area contributed by atoms with Gasteiger partial charge in [0.05, 0.1) is 28.7 Å². The van der Waals surface area contributed by atoms with Gasteiger partial charge in [-0.25, -0.2) is 9.59 Å². The second-order valence-electron chi connectivity index (χ2n) is 8.17. The van der Waals surface area contributed by atoms with E-state index in [1.165, 1.54) is 0 Å². The van der Waals surface area contributed by atoms with Crippen LogP contribution in [-0.2, 0) is 4.74 Å². The highest BCUT2D eigenvalue weighted by Crippen LogP contribution is 2.33. The lowest BCUT2D eigenvalue weighted by atomic mass is 10.1. The van der Waals surface area contributed by atoms with Crippen LogP contribution in [0.3, 0.4) is 0 Å². The third-order valence-corrected chi connectivity index (χ3v) is 5.58. The number of aromatic nitrogens is 3. The Morgan fingerprint density at radius 3 is 2.50 bits per heavy atom. The number of pyridine rings is 1. The zero-order valence-electron chi connectivity index (χ0n) is 20.2. The summed E-state index contributed by atoms with van der Waals surface area (Å²) >= 11 is 0. The molecule has 4 N–H and O–H groups in total. The number of imidazole rings is 1. The number of nitriles is 1. The van der Waals surface area contributed by atoms with Crippen LogP contribution in [0.25, 0.3) is 21.9 Å². The summed E-state index contributed by atoms with van der Waals surface area (Å²) in [5.41, 5.74) is 2.98. The summed E-state index contributed by atoms with van der Waals surface area (Å²) in [7, 11) is 1.58. The van der Waals surface area contributed by atoms with E-state index in [2.05, 4.69) is 31.7 Å². The molecule has 0 aliphatic heterocycles. The average molecular weight is 511 g/mol. The third kappa shape index (κ3) is 5.40. The molecule has 2 amide bonds. The molecule has 0 spiro atoms. The number of rotatable bonds is 8. The predicted octanol–water partition coefficient (Wildman–Crippen LogP) is 4.74. The third-order valence-electron chi connectivity index (χ3n) is 5.58. The Labute approximate surface area is 216 Å². The van der Waals surface area contributed by atoms with Crippen LogP contribution in [0.2, 0.25) is 0 Å². The molecular weight excluding hydrogens is 488 g/mol. The fourth-order valence-corrected chi connectivity index (χ4v) is 3.82. The van der Waals surface area contributed by atoms with Crippen molar-refractivity contribution in [3.63, 3.8) is 0 Å². The number of H-pyrrole nitrogens is 2. The van der Waals surface area contributed by atoms with E-state index >= 15 is 0 Å². The topological polar surface area (TPSA) is 154 Å². The first kappa shape index (κ1) is 24.4. The lowest BCUT2D eigenvalue weighted by Gasteiger charge is -2.12. The van der Waals surface area contributed by atoms with Crippen molar-refractivity contribution in [2.45, 2.75) is 0 Å². The minimum atomic E-state index is -0.441. The molecular formula is C27H22N6O5. The molecule has 0 fully saturated rings. The minimum Gasteiger partial charge on any atom is -0.490 e. The number of amides is 2. The number of fused-ring (bicyclic) bond motifs is 2. The van der Waals surface area contributed by atoms with Gasteiger partial charge in [-0.3, -0.25) is 4.98 Å². The normalized spacial score (nSPS) is 10.7. The van der Waals surface area contributed by atoms with E-state index in [9.17, 15) is 14.9 Å². The Morgan fingerprint density at radius 2 is 1.71 bits per heavy atom. The molecule has 0 bridgehead atoms. The van der Waals surface area contributed by atoms with Gasteiger partial charge >= 0.3 is 11.7 Å². The molecule has 3 aromatic carbocycles. The number of anilines is 2. The number of aromatic amines is 2. The van der Waals surface area contributed by atoms with Crippen LogP contribution in [0.15, 0.2) is 71.7 Å². The minimum absolute atomic E-state index is 0.314. The molecule has 0 saturated heterocycles. The second kappa shape index (κ2) is 10.7. The van der Waals surface area contributed by atoms with Crippen LogP contribution < -0.4 is 25.8 Å². The van der Waals surface area contributed by atoms with Crippen molar-refractivity contribution in [2.24, 2.45) is 0 Å². The summed E-state index contributed by atoms with van der Waals surface area (Å²) in [6, 6.07) is 18.7. The summed E-state index contributed by atoms with van der Waals surface area (Å²) in [5, 5.41) is 15.7. The Kier molecular flexibility index (Phi) is 6.88. The zero-order valence-corrected chi connectivity index (χ0v) is 20.2. The molecule has 2 aromatic heterocycles. The highest BCUT2D eigenvalue weighted by molar-refractivity contribution is 6.00. The van der Waals surface area contributed by atoms with Crippen LogP contribution in [-0.4, -0.2) is 41.3 Å². The molecule has 5 rings (SSSR count). The standard InChI is InChI=1S/C27H22N6O5/c1-36-10-11-37-25-14-22-20(12-16(25)15-28)24(8-9-29-22)38-19-5-2-17(3-6-19)30-26(34)31-18-4-7-21-23(13-18)33-27(35)32-21/h2-9,12-14H,10-11H2,1H3,(H2,30,31,34)(H2,32,33,35). The van der Waals surface area contributed by atoms with Crippen molar-refractivity contribution in [1.29, 1.82) is 5.26 Å². The average Bonchev–Trinajstić information content (AvgIpc) is 3.29. The Hall–Kier alpha value is -5.34. The molecule has 11 heteroatoms. The highest BCUT2D eigenvalue weighted by atomic mass is 16.5. The largest absolute Gasteiger partial charge is 0.490 e. The van der Waals surface area contributed by atoms with E-state index in [0.29, 0.717) is 69.3 Å². The maximum atomic E-state index is 12.4. The second-order valence-corrected chi connectivity index (χ2v) is 8.17. The van der Waals surface area contributed by atoms with Crippen molar-refractivity contribution < 1.29 is 19.0 Å². The molecule has 0 aliphatic carbocycles. The van der Waals surface area contributed by atoms with E-state index in [4.69, 9.17) is 14.2 Å². The molecule has 190 valence electrons. The number of hydrogen-bond donors (Lipinski definition) is 4. The van der Waals surface area contributed by atoms with Gasteiger partial charge in [0.15, 0.2) is 0 Å². The van der Waals surface area contributed by atoms with E-state index < -0.39 is 6.03 Å². The van der Waals surface area contributed by atoms with Crippen LogP contribution in [0, 0.1) is 11.3 Å². The Balaban J connectivity index is 1.27. The quantitative estimate of drug-likeness (QED) is 0.220. The number of methoxy groups -OCH3 is 1. The van der Waals surface area contributed by atoms with Crippen LogP contribution in [0.5, 0.6) is 17.2 Å². The lowest BCUT2D eigenvalue weighted by molar-refractivity contribution is 0.146. The Morgan fingerprint density at radius 1 is 0.947 bits per heavy atom. The molecule has 0 unspecified atom stereocenters. The monoisotopic (exact) mass is 510 g/mol. The maximum absolute atomic E-state index is 12.4. The number of urea groups is 1. The predicted molar refractivity (Wildman–Crippen MR) is 142 cm³/mol. The Bertz CT molecular complexity index is 1720. The molecule has 0 saturated carbocycles. The van der Waals surface area contributed by atoms with Gasteiger partial charge in [0, 0.05) is 36.1 Å². The highest BCUT2D eigenvalue weighted by Gasteiger charge is 2.12. The number of ether oxygens (including phenoxy) is 3. The zero-order chi connectivity index (χ0) is 26.5. The summed E-state index contributed by atoms with van der Waals surface area (Å²) in [4.78, 5) is 33.5. The maximum Gasteiger partial charge on any atom is 0.323 e. The molecule has 0 radical (unpaired) electrons. The molecule has 0 aliphatic rings. The molecule has 2 heterocycles. The van der Waals surface area contributed by atoms with Crippen LogP contribution in [0.4, 0.5) is 16.2 Å². The summed E-state index contributed by atoms with van der Waals surface area (Å²) in [6.45, 7) is 0.714. The summed E-state index contributed by atoms with van der Waals surface area (Å²) in [6.07, 6.45) is 1.61. The van der Waals surface area contributed by atoms with E-state index in [1.54, 1.807) is 74.0 Å². The van der Waals surface area contributed by atoms with Gasteiger partial charge < -0.3 is 34.8 Å². The SMILES string of the molecule is COCCOc1cc2nccc(Oc3ccc(NC(=O)Nc4ccc5[nH]c(=O)[nH]c5c4)cc3)c2cc1C#N. The van der Waals surface area contributed by atoms with Gasteiger partial charge in [-0.05, 0) is 54.6 Å². The van der Waals surface area contributed by atoms with E-state index in [-0.39, 0.29) is 5.69 Å². The molecule has 11 nitrogen and oxygen atoms in total. The number of carbonyl (C=O) groups excluding carboxylic acids is 1. The molecule has 38 heavy (non-hydrogen) atoms. The number of benzene rings is 3. The molecule has 5 aromatic rings. The summed E-state index contributed by atoms with van der Waals surface area (Å²) < 4.78 is 16.7. The van der Waals surface area contributed by atoms with E-state index in [1.807, 2.05) is 0 Å². The van der Waals surface area contributed by atoms with Gasteiger partial charge in [-0.15, -0.1) is 0 Å². The number of nitrogens with one attached hydrogen (secondary N) is 4.